The van der Waals surface area contributed by atoms with E-state index in [1.807, 2.05) is 30.3 Å². The Morgan fingerprint density at radius 1 is 1.03 bits per heavy atom. The van der Waals surface area contributed by atoms with Crippen LogP contribution < -0.4 is 10.1 Å². The zero-order valence-corrected chi connectivity index (χ0v) is 19.2. The van der Waals surface area contributed by atoms with E-state index in [9.17, 15) is 9.18 Å². The Balaban J connectivity index is 1.53. The molecule has 34 heavy (non-hydrogen) atoms. The number of carbonyl (C=O) groups excluding carboxylic acids is 1. The Kier molecular flexibility index (Phi) is 7.84. The fraction of sp³-hybridized carbons (Fsp3) is 0.167. The average Bonchev–Trinajstić information content (AvgIpc) is 3.28. The molecule has 1 N–H and O–H groups in total. The summed E-state index contributed by atoms with van der Waals surface area (Å²) in [5, 5.41) is 11.7. The van der Waals surface area contributed by atoms with Crippen molar-refractivity contribution in [2.75, 3.05) is 31.4 Å². The number of anilines is 1. The third-order valence-electron chi connectivity index (χ3n) is 4.67. The van der Waals surface area contributed by atoms with Crippen LogP contribution in [0.3, 0.4) is 0 Å². The molecule has 0 saturated heterocycles. The number of halogens is 1. The van der Waals surface area contributed by atoms with E-state index in [2.05, 4.69) is 20.5 Å². The lowest BCUT2D eigenvalue weighted by Gasteiger charge is -2.12. The van der Waals surface area contributed by atoms with Gasteiger partial charge in [0.05, 0.1) is 17.9 Å². The molecular weight excluding hydrogens is 457 g/mol. The van der Waals surface area contributed by atoms with Crippen LogP contribution in [0.15, 0.2) is 78.1 Å². The maximum atomic E-state index is 14.5. The maximum Gasteiger partial charge on any atom is 0.237 e. The van der Waals surface area contributed by atoms with Crippen molar-refractivity contribution in [1.82, 2.24) is 19.7 Å². The number of thioether (sulfide) groups is 1. The highest BCUT2D eigenvalue weighted by Gasteiger charge is 2.19. The fourth-order valence-corrected chi connectivity index (χ4v) is 3.88. The highest BCUT2D eigenvalue weighted by molar-refractivity contribution is 7.99. The molecule has 1 amide bonds. The Labute approximate surface area is 200 Å². The van der Waals surface area contributed by atoms with E-state index in [0.717, 1.165) is 5.69 Å². The first-order valence-corrected chi connectivity index (χ1v) is 11.4. The molecule has 0 fully saturated rings. The Morgan fingerprint density at radius 2 is 1.82 bits per heavy atom. The van der Waals surface area contributed by atoms with E-state index in [4.69, 9.17) is 9.47 Å². The first-order valence-electron chi connectivity index (χ1n) is 10.4. The van der Waals surface area contributed by atoms with E-state index < -0.39 is 5.82 Å². The van der Waals surface area contributed by atoms with Crippen LogP contribution in [0.2, 0.25) is 0 Å². The molecule has 0 bridgehead atoms. The summed E-state index contributed by atoms with van der Waals surface area (Å²) in [6, 6.07) is 19.2. The first-order chi connectivity index (χ1) is 16.7. The van der Waals surface area contributed by atoms with Gasteiger partial charge in [-0.15, -0.1) is 10.2 Å². The molecule has 10 heteroatoms. The molecule has 2 heterocycles. The molecule has 0 spiro atoms. The number of amides is 1. The molecule has 0 saturated carbocycles. The van der Waals surface area contributed by atoms with Crippen molar-refractivity contribution < 1.29 is 18.7 Å². The van der Waals surface area contributed by atoms with E-state index >= 15 is 0 Å². The number of nitrogens with one attached hydrogen (secondary N) is 1. The molecule has 2 aromatic carbocycles. The summed E-state index contributed by atoms with van der Waals surface area (Å²) in [6.07, 6.45) is 1.58. The minimum atomic E-state index is -0.404. The Morgan fingerprint density at radius 3 is 2.62 bits per heavy atom. The number of ether oxygens (including phenoxy) is 2. The van der Waals surface area contributed by atoms with Crippen molar-refractivity contribution in [3.05, 3.63) is 78.7 Å². The van der Waals surface area contributed by atoms with Gasteiger partial charge in [-0.3, -0.25) is 9.36 Å². The molecule has 0 atom stereocenters. The highest BCUT2D eigenvalue weighted by Crippen LogP contribution is 2.29. The molecule has 4 aromatic rings. The first kappa shape index (κ1) is 23.4. The van der Waals surface area contributed by atoms with Crippen LogP contribution in [-0.4, -0.2) is 51.7 Å². The van der Waals surface area contributed by atoms with Gasteiger partial charge in [0, 0.05) is 19.0 Å². The predicted octanol–water partition coefficient (Wildman–Crippen LogP) is 4.22. The number of methoxy groups -OCH3 is 1. The predicted molar refractivity (Wildman–Crippen MR) is 128 cm³/mol. The van der Waals surface area contributed by atoms with Gasteiger partial charge in [-0.25, -0.2) is 9.37 Å². The van der Waals surface area contributed by atoms with E-state index in [1.54, 1.807) is 48.2 Å². The topological polar surface area (TPSA) is 91.2 Å². The SMILES string of the molecule is COCCOc1ncccc1NC(=O)CSc1nnc(-c2ccccc2F)n1-c1ccccc1. The van der Waals surface area contributed by atoms with Crippen molar-refractivity contribution in [3.8, 4) is 23.0 Å². The Bertz CT molecular complexity index is 1250. The summed E-state index contributed by atoms with van der Waals surface area (Å²) in [7, 11) is 1.58. The van der Waals surface area contributed by atoms with Crippen molar-refractivity contribution in [3.63, 3.8) is 0 Å². The van der Waals surface area contributed by atoms with E-state index in [-0.39, 0.29) is 11.7 Å². The molecule has 2 aromatic heterocycles. The summed E-state index contributed by atoms with van der Waals surface area (Å²) < 4.78 is 26.8. The minimum absolute atomic E-state index is 0.0502. The monoisotopic (exact) mass is 479 g/mol. The standard InChI is InChI=1S/C24H22FN5O3S/c1-32-14-15-33-23-20(12-7-13-26-23)27-21(31)16-34-24-29-28-22(18-10-5-6-11-19(18)25)30(24)17-8-3-2-4-9-17/h2-13H,14-16H2,1H3,(H,27,31). The van der Waals surface area contributed by atoms with Gasteiger partial charge in [0.1, 0.15) is 18.1 Å². The summed E-state index contributed by atoms with van der Waals surface area (Å²) in [4.78, 5) is 16.8. The maximum absolute atomic E-state index is 14.5. The van der Waals surface area contributed by atoms with E-state index in [0.29, 0.717) is 41.3 Å². The second-order valence-corrected chi connectivity index (χ2v) is 7.93. The van der Waals surface area contributed by atoms with Crippen molar-refractivity contribution in [1.29, 1.82) is 0 Å². The van der Waals surface area contributed by atoms with Gasteiger partial charge < -0.3 is 14.8 Å². The zero-order chi connectivity index (χ0) is 23.8. The van der Waals surface area contributed by atoms with Crippen LogP contribution in [0.5, 0.6) is 5.88 Å². The van der Waals surface area contributed by atoms with Crippen LogP contribution >= 0.6 is 11.8 Å². The second-order valence-electron chi connectivity index (χ2n) is 6.99. The van der Waals surface area contributed by atoms with Crippen molar-refractivity contribution >= 4 is 23.4 Å². The molecular formula is C24H22FN5O3S. The third-order valence-corrected chi connectivity index (χ3v) is 5.60. The molecule has 8 nitrogen and oxygen atoms in total. The van der Waals surface area contributed by atoms with E-state index in [1.165, 1.54) is 17.8 Å². The van der Waals surface area contributed by atoms with Crippen molar-refractivity contribution in [2.45, 2.75) is 5.16 Å². The van der Waals surface area contributed by atoms with Gasteiger partial charge >= 0.3 is 0 Å². The third kappa shape index (κ3) is 5.59. The number of para-hydroxylation sites is 1. The minimum Gasteiger partial charge on any atom is -0.474 e. The van der Waals surface area contributed by atoms with Gasteiger partial charge in [-0.05, 0) is 36.4 Å². The van der Waals surface area contributed by atoms with Gasteiger partial charge in [-0.2, -0.15) is 0 Å². The van der Waals surface area contributed by atoms with Gasteiger partial charge in [0.15, 0.2) is 11.0 Å². The smallest absolute Gasteiger partial charge is 0.237 e. The zero-order valence-electron chi connectivity index (χ0n) is 18.3. The molecule has 174 valence electrons. The molecule has 0 unspecified atom stereocenters. The quantitative estimate of drug-likeness (QED) is 0.269. The van der Waals surface area contributed by atoms with Crippen LogP contribution in [-0.2, 0) is 9.53 Å². The summed E-state index contributed by atoms with van der Waals surface area (Å²) >= 11 is 1.19. The van der Waals surface area contributed by atoms with Gasteiger partial charge in [0.25, 0.3) is 0 Å². The lowest BCUT2D eigenvalue weighted by molar-refractivity contribution is -0.113. The van der Waals surface area contributed by atoms with Crippen LogP contribution in [0, 0.1) is 5.82 Å². The largest absolute Gasteiger partial charge is 0.474 e. The van der Waals surface area contributed by atoms with Crippen molar-refractivity contribution in [2.24, 2.45) is 0 Å². The Hall–Kier alpha value is -3.76. The average molecular weight is 480 g/mol. The number of carbonyl (C=O) groups is 1. The molecule has 4 rings (SSSR count). The summed E-state index contributed by atoms with van der Waals surface area (Å²) in [5.74, 6) is 0.0401. The van der Waals surface area contributed by atoms with Gasteiger partial charge in [-0.1, -0.05) is 42.1 Å². The lowest BCUT2D eigenvalue weighted by Crippen LogP contribution is -2.16. The summed E-state index contributed by atoms with van der Waals surface area (Å²) in [5.41, 5.74) is 1.54. The highest BCUT2D eigenvalue weighted by atomic mass is 32.2. The van der Waals surface area contributed by atoms with Crippen LogP contribution in [0.4, 0.5) is 10.1 Å². The van der Waals surface area contributed by atoms with Gasteiger partial charge in [0.2, 0.25) is 11.8 Å². The van der Waals surface area contributed by atoms with Crippen LogP contribution in [0.1, 0.15) is 0 Å². The number of nitrogens with zero attached hydrogens (tertiary/aromatic N) is 4. The number of benzene rings is 2. The molecule has 0 aliphatic heterocycles. The number of hydrogen-bond donors (Lipinski definition) is 1. The fourth-order valence-electron chi connectivity index (χ4n) is 3.13. The lowest BCUT2D eigenvalue weighted by atomic mass is 10.2. The normalized spacial score (nSPS) is 10.8. The molecule has 0 radical (unpaired) electrons. The van der Waals surface area contributed by atoms with Crippen LogP contribution in [0.25, 0.3) is 17.1 Å². The number of pyridine rings is 1. The number of hydrogen-bond acceptors (Lipinski definition) is 7. The second kappa shape index (κ2) is 11.4. The molecule has 0 aliphatic carbocycles. The summed E-state index contributed by atoms with van der Waals surface area (Å²) in [6.45, 7) is 0.712. The molecule has 0 aliphatic rings. The number of rotatable bonds is 10. The number of aromatic nitrogens is 4.